The third-order valence-electron chi connectivity index (χ3n) is 4.98. The first-order chi connectivity index (χ1) is 11.4. The first-order valence-electron chi connectivity index (χ1n) is 9.19. The van der Waals surface area contributed by atoms with E-state index < -0.39 is 12.7 Å². The van der Waals surface area contributed by atoms with Crippen LogP contribution in [-0.2, 0) is 0 Å². The molecule has 0 aromatic rings. The van der Waals surface area contributed by atoms with Gasteiger partial charge in [0.05, 0.1) is 6.54 Å². The molecule has 1 unspecified atom stereocenters. The first kappa shape index (κ1) is 22.8. The highest BCUT2D eigenvalue weighted by Crippen LogP contribution is 2.24. The standard InChI is InChI=1S/C17H31F3N4.HI/c1-3-21-16(23-15-6-4-13(2)5-7-15)22-10-14-8-9-24(11-14)12-17(18,19)20;/h13-15H,3-12H2,1-2H3,(H2,21,22,23);1H. The summed E-state index contributed by atoms with van der Waals surface area (Å²) in [4.78, 5) is 6.12. The van der Waals surface area contributed by atoms with Crippen molar-refractivity contribution in [1.29, 1.82) is 0 Å². The van der Waals surface area contributed by atoms with E-state index in [1.165, 1.54) is 17.7 Å². The van der Waals surface area contributed by atoms with Crippen LogP contribution in [0.25, 0.3) is 0 Å². The summed E-state index contributed by atoms with van der Waals surface area (Å²) in [6.45, 7) is 5.91. The molecule has 8 heteroatoms. The Bertz CT molecular complexity index is 409. The van der Waals surface area contributed by atoms with Crippen molar-refractivity contribution in [2.45, 2.75) is 58.2 Å². The third-order valence-corrected chi connectivity index (χ3v) is 4.98. The molecule has 0 bridgehead atoms. The molecule has 4 nitrogen and oxygen atoms in total. The van der Waals surface area contributed by atoms with E-state index >= 15 is 0 Å². The topological polar surface area (TPSA) is 39.7 Å². The monoisotopic (exact) mass is 476 g/mol. The molecule has 2 N–H and O–H groups in total. The SMILES string of the molecule is CCNC(=NCC1CCN(CC(F)(F)F)C1)NC1CCC(C)CC1.I. The van der Waals surface area contributed by atoms with Crippen molar-refractivity contribution in [3.8, 4) is 0 Å². The maximum Gasteiger partial charge on any atom is 0.401 e. The van der Waals surface area contributed by atoms with Crippen molar-refractivity contribution in [2.24, 2.45) is 16.8 Å². The maximum atomic E-state index is 12.4. The van der Waals surface area contributed by atoms with Gasteiger partial charge in [-0.2, -0.15) is 13.2 Å². The van der Waals surface area contributed by atoms with Crippen LogP contribution in [0.4, 0.5) is 13.2 Å². The molecule has 0 aromatic heterocycles. The first-order valence-corrected chi connectivity index (χ1v) is 9.19. The lowest BCUT2D eigenvalue weighted by molar-refractivity contribution is -0.143. The second-order valence-electron chi connectivity index (χ2n) is 7.33. The molecule has 1 heterocycles. The number of rotatable bonds is 5. The summed E-state index contributed by atoms with van der Waals surface area (Å²) in [5.74, 6) is 1.83. The zero-order valence-electron chi connectivity index (χ0n) is 15.2. The van der Waals surface area contributed by atoms with Gasteiger partial charge < -0.3 is 10.6 Å². The van der Waals surface area contributed by atoms with E-state index in [2.05, 4.69) is 22.5 Å². The molecule has 1 saturated heterocycles. The van der Waals surface area contributed by atoms with Crippen molar-refractivity contribution in [2.75, 3.05) is 32.7 Å². The fraction of sp³-hybridized carbons (Fsp3) is 0.941. The van der Waals surface area contributed by atoms with Gasteiger partial charge in [0.25, 0.3) is 0 Å². The lowest BCUT2D eigenvalue weighted by Crippen LogP contribution is -2.45. The number of guanidine groups is 1. The van der Waals surface area contributed by atoms with E-state index in [4.69, 9.17) is 0 Å². The van der Waals surface area contributed by atoms with Crippen molar-refractivity contribution >= 4 is 29.9 Å². The second-order valence-corrected chi connectivity index (χ2v) is 7.33. The van der Waals surface area contributed by atoms with Crippen LogP contribution >= 0.6 is 24.0 Å². The number of hydrogen-bond donors (Lipinski definition) is 2. The quantitative estimate of drug-likeness (QED) is 0.362. The Morgan fingerprint density at radius 3 is 2.44 bits per heavy atom. The van der Waals surface area contributed by atoms with E-state index in [1.54, 1.807) is 0 Å². The Hall–Kier alpha value is -0.250. The number of nitrogens with zero attached hydrogens (tertiary/aromatic N) is 2. The highest BCUT2D eigenvalue weighted by Gasteiger charge is 2.34. The van der Waals surface area contributed by atoms with Gasteiger partial charge in [0.1, 0.15) is 0 Å². The van der Waals surface area contributed by atoms with Gasteiger partial charge in [0.15, 0.2) is 5.96 Å². The van der Waals surface area contributed by atoms with Crippen LogP contribution < -0.4 is 10.6 Å². The maximum absolute atomic E-state index is 12.4. The number of likely N-dealkylation sites (tertiary alicyclic amines) is 1. The number of halogens is 4. The zero-order valence-corrected chi connectivity index (χ0v) is 17.6. The number of aliphatic imine (C=N–C) groups is 1. The molecule has 1 aliphatic carbocycles. The molecule has 1 atom stereocenters. The number of nitrogens with one attached hydrogen (secondary N) is 2. The van der Waals surface area contributed by atoms with Crippen LogP contribution in [0.3, 0.4) is 0 Å². The Labute approximate surface area is 166 Å². The van der Waals surface area contributed by atoms with Gasteiger partial charge in [-0.15, -0.1) is 24.0 Å². The van der Waals surface area contributed by atoms with Crippen LogP contribution in [-0.4, -0.2) is 55.8 Å². The van der Waals surface area contributed by atoms with Gasteiger partial charge in [-0.25, -0.2) is 0 Å². The molecule has 0 aromatic carbocycles. The fourth-order valence-electron chi connectivity index (χ4n) is 3.60. The average molecular weight is 476 g/mol. The van der Waals surface area contributed by atoms with E-state index in [0.717, 1.165) is 37.7 Å². The summed E-state index contributed by atoms with van der Waals surface area (Å²) in [6, 6.07) is 0.462. The summed E-state index contributed by atoms with van der Waals surface area (Å²) in [5.41, 5.74) is 0. The van der Waals surface area contributed by atoms with Crippen molar-refractivity contribution in [3.63, 3.8) is 0 Å². The Kier molecular flexibility index (Phi) is 9.84. The Balaban J connectivity index is 0.00000312. The summed E-state index contributed by atoms with van der Waals surface area (Å²) in [6.07, 6.45) is 1.49. The molecule has 2 aliphatic rings. The van der Waals surface area contributed by atoms with Crippen LogP contribution in [0.15, 0.2) is 4.99 Å². The predicted molar refractivity (Wildman–Crippen MR) is 107 cm³/mol. The zero-order chi connectivity index (χ0) is 17.6. The van der Waals surface area contributed by atoms with Crippen molar-refractivity contribution in [3.05, 3.63) is 0 Å². The molecule has 1 aliphatic heterocycles. The van der Waals surface area contributed by atoms with Crippen LogP contribution in [0.1, 0.15) is 46.0 Å². The summed E-state index contributed by atoms with van der Waals surface area (Å²) < 4.78 is 37.3. The molecule has 0 spiro atoms. The van der Waals surface area contributed by atoms with Gasteiger partial charge in [-0.1, -0.05) is 6.92 Å². The lowest BCUT2D eigenvalue weighted by Gasteiger charge is -2.28. The molecular weight excluding hydrogens is 444 g/mol. The minimum Gasteiger partial charge on any atom is -0.357 e. The summed E-state index contributed by atoms with van der Waals surface area (Å²) >= 11 is 0. The molecule has 25 heavy (non-hydrogen) atoms. The van der Waals surface area contributed by atoms with E-state index in [9.17, 15) is 13.2 Å². The van der Waals surface area contributed by atoms with Crippen molar-refractivity contribution < 1.29 is 13.2 Å². The van der Waals surface area contributed by atoms with E-state index in [-0.39, 0.29) is 29.9 Å². The molecule has 2 fully saturated rings. The minimum absolute atomic E-state index is 0. The van der Waals surface area contributed by atoms with Crippen LogP contribution in [0.5, 0.6) is 0 Å². The molecule has 0 radical (unpaired) electrons. The minimum atomic E-state index is -4.10. The predicted octanol–water partition coefficient (Wildman–Crippen LogP) is 3.62. The highest BCUT2D eigenvalue weighted by atomic mass is 127. The third kappa shape index (κ3) is 8.79. The number of hydrogen-bond acceptors (Lipinski definition) is 2. The van der Waals surface area contributed by atoms with Crippen molar-refractivity contribution in [1.82, 2.24) is 15.5 Å². The van der Waals surface area contributed by atoms with Gasteiger partial charge in [-0.3, -0.25) is 9.89 Å². The fourth-order valence-corrected chi connectivity index (χ4v) is 3.60. The Morgan fingerprint density at radius 2 is 1.84 bits per heavy atom. The molecule has 0 amide bonds. The van der Waals surface area contributed by atoms with Gasteiger partial charge in [0, 0.05) is 25.7 Å². The van der Waals surface area contributed by atoms with E-state index in [1.807, 2.05) is 6.92 Å². The number of alkyl halides is 3. The molecule has 1 saturated carbocycles. The summed E-state index contributed by atoms with van der Waals surface area (Å²) in [5, 5.41) is 6.76. The normalized spacial score (nSPS) is 28.5. The highest BCUT2D eigenvalue weighted by molar-refractivity contribution is 14.0. The molecule has 148 valence electrons. The second kappa shape index (κ2) is 10.8. The largest absolute Gasteiger partial charge is 0.401 e. The van der Waals surface area contributed by atoms with Crippen LogP contribution in [0.2, 0.25) is 0 Å². The van der Waals surface area contributed by atoms with Gasteiger partial charge in [0.2, 0.25) is 0 Å². The van der Waals surface area contributed by atoms with E-state index in [0.29, 0.717) is 25.7 Å². The summed E-state index contributed by atoms with van der Waals surface area (Å²) in [7, 11) is 0. The van der Waals surface area contributed by atoms with Gasteiger partial charge >= 0.3 is 6.18 Å². The molecule has 2 rings (SSSR count). The van der Waals surface area contributed by atoms with Gasteiger partial charge in [-0.05, 0) is 57.4 Å². The molecular formula is C17H32F3IN4. The average Bonchev–Trinajstić information content (AvgIpc) is 2.93. The Morgan fingerprint density at radius 1 is 1.16 bits per heavy atom. The lowest BCUT2D eigenvalue weighted by atomic mass is 9.87. The smallest absolute Gasteiger partial charge is 0.357 e. The van der Waals surface area contributed by atoms with Crippen LogP contribution in [0, 0.1) is 11.8 Å².